The van der Waals surface area contributed by atoms with E-state index in [4.69, 9.17) is 9.97 Å². The van der Waals surface area contributed by atoms with Gasteiger partial charge < -0.3 is 0 Å². The Morgan fingerprint density at radius 2 is 1.13 bits per heavy atom. The molecule has 0 spiro atoms. The van der Waals surface area contributed by atoms with Gasteiger partial charge >= 0.3 is 0 Å². The SMILES string of the molecule is c1ccc(-c2cc(-c3ccc(-c4cc5ccccc5c5ccccc45)cc3)nc3nc4ccccc4n23)cc1. The van der Waals surface area contributed by atoms with Crippen LogP contribution in [-0.4, -0.2) is 14.4 Å². The number of aromatic nitrogens is 3. The van der Waals surface area contributed by atoms with Crippen molar-refractivity contribution in [3.05, 3.63) is 140 Å². The van der Waals surface area contributed by atoms with E-state index in [-0.39, 0.29) is 0 Å². The molecule has 0 radical (unpaired) electrons. The van der Waals surface area contributed by atoms with Crippen molar-refractivity contribution < 1.29 is 0 Å². The quantitative estimate of drug-likeness (QED) is 0.228. The van der Waals surface area contributed by atoms with E-state index in [1.54, 1.807) is 0 Å². The molecule has 3 heteroatoms. The third-order valence-corrected chi connectivity index (χ3v) is 7.61. The highest BCUT2D eigenvalue weighted by atomic mass is 15.1. The second-order valence-corrected chi connectivity index (χ2v) is 9.90. The van der Waals surface area contributed by atoms with Crippen molar-refractivity contribution in [1.29, 1.82) is 0 Å². The zero-order chi connectivity index (χ0) is 25.8. The highest BCUT2D eigenvalue weighted by Gasteiger charge is 2.15. The Balaban J connectivity index is 1.30. The van der Waals surface area contributed by atoms with Crippen LogP contribution in [0.1, 0.15) is 0 Å². The monoisotopic (exact) mass is 497 g/mol. The summed E-state index contributed by atoms with van der Waals surface area (Å²) in [4.78, 5) is 9.88. The number of imidazole rings is 1. The lowest BCUT2D eigenvalue weighted by molar-refractivity contribution is 1.14. The van der Waals surface area contributed by atoms with Gasteiger partial charge in [0, 0.05) is 5.56 Å². The second-order valence-electron chi connectivity index (χ2n) is 9.90. The zero-order valence-electron chi connectivity index (χ0n) is 21.1. The standard InChI is InChI=1S/C36H23N3/c1-2-10-26(11-3-1)35-23-33(38-36-37-32-16-8-9-17-34(32)39(35)36)25-20-18-24(19-21-25)31-22-27-12-4-5-13-28(27)29-14-6-7-15-30(29)31/h1-23H. The molecular formula is C36H23N3. The van der Waals surface area contributed by atoms with E-state index < -0.39 is 0 Å². The minimum atomic E-state index is 0.706. The number of nitrogens with zero attached hydrogens (tertiary/aromatic N) is 3. The van der Waals surface area contributed by atoms with Crippen LogP contribution >= 0.6 is 0 Å². The van der Waals surface area contributed by atoms with Crippen LogP contribution in [0.4, 0.5) is 0 Å². The molecule has 0 aliphatic heterocycles. The van der Waals surface area contributed by atoms with Crippen molar-refractivity contribution in [2.75, 3.05) is 0 Å². The van der Waals surface area contributed by atoms with Crippen LogP contribution in [0, 0.1) is 0 Å². The second kappa shape index (κ2) is 8.64. The van der Waals surface area contributed by atoms with Crippen molar-refractivity contribution in [1.82, 2.24) is 14.4 Å². The van der Waals surface area contributed by atoms with Gasteiger partial charge in [-0.3, -0.25) is 4.40 Å². The van der Waals surface area contributed by atoms with Crippen molar-refractivity contribution in [3.63, 3.8) is 0 Å². The van der Waals surface area contributed by atoms with E-state index in [1.165, 1.54) is 32.7 Å². The third kappa shape index (κ3) is 3.52. The molecule has 0 amide bonds. The summed E-state index contributed by atoms with van der Waals surface area (Å²) in [6.07, 6.45) is 0. The maximum absolute atomic E-state index is 5.01. The minimum Gasteiger partial charge on any atom is -0.276 e. The summed E-state index contributed by atoms with van der Waals surface area (Å²) >= 11 is 0. The summed E-state index contributed by atoms with van der Waals surface area (Å²) in [7, 11) is 0. The maximum atomic E-state index is 5.01. The summed E-state index contributed by atoms with van der Waals surface area (Å²) in [6, 6.07) is 49.2. The van der Waals surface area contributed by atoms with Gasteiger partial charge in [-0.2, -0.15) is 0 Å². The van der Waals surface area contributed by atoms with Crippen LogP contribution in [-0.2, 0) is 0 Å². The Morgan fingerprint density at radius 1 is 0.462 bits per heavy atom. The Bertz CT molecular complexity index is 2160. The highest BCUT2D eigenvalue weighted by Crippen LogP contribution is 2.36. The predicted octanol–water partition coefficient (Wildman–Crippen LogP) is 9.19. The lowest BCUT2D eigenvalue weighted by atomic mass is 9.93. The van der Waals surface area contributed by atoms with Crippen LogP contribution < -0.4 is 0 Å². The Kier molecular flexibility index (Phi) is 4.82. The van der Waals surface area contributed by atoms with E-state index in [9.17, 15) is 0 Å². The Hall–Kier alpha value is -5.28. The number of rotatable bonds is 3. The smallest absolute Gasteiger partial charge is 0.235 e. The van der Waals surface area contributed by atoms with Gasteiger partial charge in [-0.25, -0.2) is 9.97 Å². The largest absolute Gasteiger partial charge is 0.276 e. The molecule has 39 heavy (non-hydrogen) atoms. The molecule has 0 atom stereocenters. The Morgan fingerprint density at radius 3 is 1.97 bits per heavy atom. The summed E-state index contributed by atoms with van der Waals surface area (Å²) in [5.41, 5.74) is 8.62. The first-order valence-corrected chi connectivity index (χ1v) is 13.2. The van der Waals surface area contributed by atoms with Crippen molar-refractivity contribution in [2.45, 2.75) is 0 Å². The van der Waals surface area contributed by atoms with Gasteiger partial charge in [0.15, 0.2) is 0 Å². The molecule has 0 aliphatic carbocycles. The molecule has 0 bridgehead atoms. The van der Waals surface area contributed by atoms with Gasteiger partial charge in [0.25, 0.3) is 0 Å². The molecule has 2 heterocycles. The van der Waals surface area contributed by atoms with E-state index in [0.29, 0.717) is 5.78 Å². The fourth-order valence-electron chi connectivity index (χ4n) is 5.74. The van der Waals surface area contributed by atoms with Crippen molar-refractivity contribution >= 4 is 38.4 Å². The first kappa shape index (κ1) is 21.8. The Labute approximate surface area is 225 Å². The normalized spacial score (nSPS) is 11.6. The third-order valence-electron chi connectivity index (χ3n) is 7.61. The van der Waals surface area contributed by atoms with Crippen molar-refractivity contribution in [3.8, 4) is 33.6 Å². The summed E-state index contributed by atoms with van der Waals surface area (Å²) < 4.78 is 2.16. The van der Waals surface area contributed by atoms with Crippen LogP contribution in [0.2, 0.25) is 0 Å². The summed E-state index contributed by atoms with van der Waals surface area (Å²) in [6.45, 7) is 0. The van der Waals surface area contributed by atoms with Crippen molar-refractivity contribution in [2.24, 2.45) is 0 Å². The highest BCUT2D eigenvalue weighted by molar-refractivity contribution is 6.13. The molecule has 0 saturated heterocycles. The topological polar surface area (TPSA) is 30.2 Å². The average Bonchev–Trinajstić information content (AvgIpc) is 3.39. The first-order chi connectivity index (χ1) is 19.3. The molecule has 182 valence electrons. The van der Waals surface area contributed by atoms with Crippen LogP contribution in [0.15, 0.2) is 140 Å². The number of hydrogen-bond donors (Lipinski definition) is 0. The fourth-order valence-corrected chi connectivity index (χ4v) is 5.74. The average molecular weight is 498 g/mol. The maximum Gasteiger partial charge on any atom is 0.235 e. The molecule has 0 unspecified atom stereocenters. The molecule has 0 N–H and O–H groups in total. The predicted molar refractivity (Wildman–Crippen MR) is 162 cm³/mol. The number of benzene rings is 6. The lowest BCUT2D eigenvalue weighted by Crippen LogP contribution is -1.97. The van der Waals surface area contributed by atoms with Gasteiger partial charge in [0.05, 0.1) is 22.4 Å². The number of para-hydroxylation sites is 2. The summed E-state index contributed by atoms with van der Waals surface area (Å²) in [5, 5.41) is 5.08. The number of hydrogen-bond acceptors (Lipinski definition) is 2. The molecule has 0 saturated carbocycles. The molecule has 2 aromatic heterocycles. The van der Waals surface area contributed by atoms with Crippen LogP contribution in [0.25, 0.3) is 72.0 Å². The minimum absolute atomic E-state index is 0.706. The molecule has 6 aromatic carbocycles. The summed E-state index contributed by atoms with van der Waals surface area (Å²) in [5.74, 6) is 0.706. The fraction of sp³-hybridized carbons (Fsp3) is 0. The first-order valence-electron chi connectivity index (χ1n) is 13.2. The number of fused-ring (bicyclic) bond motifs is 6. The molecule has 0 fully saturated rings. The van der Waals surface area contributed by atoms with Gasteiger partial charge in [0.1, 0.15) is 0 Å². The van der Waals surface area contributed by atoms with E-state index >= 15 is 0 Å². The molecule has 8 aromatic rings. The molecule has 8 rings (SSSR count). The molecule has 0 aliphatic rings. The molecule has 3 nitrogen and oxygen atoms in total. The van der Waals surface area contributed by atoms with Gasteiger partial charge in [0.2, 0.25) is 5.78 Å². The van der Waals surface area contributed by atoms with Crippen LogP contribution in [0.5, 0.6) is 0 Å². The van der Waals surface area contributed by atoms with E-state index in [0.717, 1.165) is 33.5 Å². The van der Waals surface area contributed by atoms with Gasteiger partial charge in [-0.1, -0.05) is 115 Å². The van der Waals surface area contributed by atoms with Crippen LogP contribution in [0.3, 0.4) is 0 Å². The van der Waals surface area contributed by atoms with E-state index in [2.05, 4.69) is 120 Å². The lowest BCUT2D eigenvalue weighted by Gasteiger charge is -2.12. The van der Waals surface area contributed by atoms with Gasteiger partial charge in [-0.05, 0) is 62.5 Å². The zero-order valence-corrected chi connectivity index (χ0v) is 21.1. The van der Waals surface area contributed by atoms with Gasteiger partial charge in [-0.15, -0.1) is 0 Å². The van der Waals surface area contributed by atoms with E-state index in [1.807, 2.05) is 24.3 Å². The molecular weight excluding hydrogens is 474 g/mol.